The fourth-order valence-corrected chi connectivity index (χ4v) is 4.04. The van der Waals surface area contributed by atoms with Gasteiger partial charge in [0.2, 0.25) is 0 Å². The number of aliphatic carboxylic acids is 1. The second kappa shape index (κ2) is 9.76. The molecule has 29 heavy (non-hydrogen) atoms. The first-order valence-electron chi connectivity index (χ1n) is 9.96. The average Bonchev–Trinajstić information content (AvgIpc) is 2.74. The summed E-state index contributed by atoms with van der Waals surface area (Å²) in [6, 6.07) is 14.8. The number of benzene rings is 2. The number of likely N-dealkylation sites (tertiary alicyclic amines) is 1. The van der Waals surface area contributed by atoms with Crippen LogP contribution < -0.4 is 9.47 Å². The second-order valence-electron chi connectivity index (χ2n) is 7.55. The van der Waals surface area contributed by atoms with Crippen LogP contribution in [0.3, 0.4) is 0 Å². The molecule has 0 spiro atoms. The molecule has 156 valence electrons. The van der Waals surface area contributed by atoms with Crippen LogP contribution in [0.25, 0.3) is 11.1 Å². The maximum atomic E-state index is 11.0. The number of rotatable bonds is 8. The Bertz CT molecular complexity index is 817. The first kappa shape index (κ1) is 21.1. The van der Waals surface area contributed by atoms with Crippen LogP contribution in [0.2, 0.25) is 0 Å². The molecule has 1 fully saturated rings. The molecule has 2 aromatic carbocycles. The summed E-state index contributed by atoms with van der Waals surface area (Å²) in [6.45, 7) is 2.80. The second-order valence-corrected chi connectivity index (χ2v) is 7.55. The molecule has 1 aliphatic heterocycles. The number of carbonyl (C=O) groups is 1. The van der Waals surface area contributed by atoms with Gasteiger partial charge in [-0.25, -0.2) is 0 Å². The molecule has 0 aliphatic carbocycles. The van der Waals surface area contributed by atoms with Crippen molar-refractivity contribution in [1.82, 2.24) is 9.80 Å². The summed E-state index contributed by atoms with van der Waals surface area (Å²) < 4.78 is 11.1. The molecule has 1 aliphatic rings. The number of carboxylic acid groups (broad SMARTS) is 1. The minimum absolute atomic E-state index is 0.0957. The number of hydrogen-bond donors (Lipinski definition) is 1. The maximum absolute atomic E-state index is 11.0. The van der Waals surface area contributed by atoms with Gasteiger partial charge < -0.3 is 14.6 Å². The molecule has 1 N–H and O–H groups in total. The van der Waals surface area contributed by atoms with Crippen molar-refractivity contribution >= 4 is 5.97 Å². The van der Waals surface area contributed by atoms with Crippen molar-refractivity contribution in [3.8, 4) is 22.6 Å². The molecule has 6 heteroatoms. The third kappa shape index (κ3) is 5.28. The highest BCUT2D eigenvalue weighted by Crippen LogP contribution is 2.36. The topological polar surface area (TPSA) is 62.2 Å². The van der Waals surface area contributed by atoms with Crippen LogP contribution in [0.4, 0.5) is 0 Å². The summed E-state index contributed by atoms with van der Waals surface area (Å²) in [5, 5.41) is 9.02. The number of nitrogens with zero attached hydrogens (tertiary/aromatic N) is 2. The fourth-order valence-electron chi connectivity index (χ4n) is 4.04. The van der Waals surface area contributed by atoms with Crippen molar-refractivity contribution in [2.45, 2.75) is 25.4 Å². The molecule has 2 aromatic rings. The van der Waals surface area contributed by atoms with E-state index >= 15 is 0 Å². The first-order valence-corrected chi connectivity index (χ1v) is 9.96. The van der Waals surface area contributed by atoms with Crippen LogP contribution in [-0.2, 0) is 11.3 Å². The fraction of sp³-hybridized carbons (Fsp3) is 0.435. The molecular weight excluding hydrogens is 368 g/mol. The Morgan fingerprint density at radius 2 is 1.72 bits per heavy atom. The van der Waals surface area contributed by atoms with E-state index in [2.05, 4.69) is 29.2 Å². The van der Waals surface area contributed by atoms with Gasteiger partial charge in [-0.05, 0) is 61.8 Å². The molecule has 0 atom stereocenters. The van der Waals surface area contributed by atoms with Gasteiger partial charge in [-0.3, -0.25) is 14.6 Å². The van der Waals surface area contributed by atoms with E-state index in [-0.39, 0.29) is 6.54 Å². The minimum Gasteiger partial charge on any atom is -0.493 e. The smallest absolute Gasteiger partial charge is 0.317 e. The Morgan fingerprint density at radius 1 is 1.10 bits per heavy atom. The molecule has 1 heterocycles. The van der Waals surface area contributed by atoms with E-state index in [1.807, 2.05) is 30.1 Å². The number of carboxylic acids is 1. The molecule has 0 saturated carbocycles. The summed E-state index contributed by atoms with van der Waals surface area (Å²) in [7, 11) is 5.22. The average molecular weight is 399 g/mol. The van der Waals surface area contributed by atoms with Crippen molar-refractivity contribution in [3.05, 3.63) is 48.0 Å². The van der Waals surface area contributed by atoms with Gasteiger partial charge in [-0.2, -0.15) is 0 Å². The van der Waals surface area contributed by atoms with E-state index in [4.69, 9.17) is 14.6 Å². The van der Waals surface area contributed by atoms with Gasteiger partial charge in [-0.15, -0.1) is 0 Å². The highest BCUT2D eigenvalue weighted by molar-refractivity contribution is 5.71. The Balaban J connectivity index is 1.77. The molecule has 6 nitrogen and oxygen atoms in total. The maximum Gasteiger partial charge on any atom is 0.317 e. The summed E-state index contributed by atoms with van der Waals surface area (Å²) in [5.74, 6) is 0.690. The van der Waals surface area contributed by atoms with Gasteiger partial charge in [-0.1, -0.05) is 30.3 Å². The lowest BCUT2D eigenvalue weighted by atomic mass is 9.97. The SMILES string of the molecule is COc1cc(CN2CCC(N(C)CC(=O)O)CC2)c(-c2ccccc2)cc1OC. The predicted molar refractivity (Wildman–Crippen MR) is 114 cm³/mol. The van der Waals surface area contributed by atoms with Crippen LogP contribution >= 0.6 is 0 Å². The van der Waals surface area contributed by atoms with Gasteiger partial charge in [0.25, 0.3) is 0 Å². The molecule has 1 saturated heterocycles. The van der Waals surface area contributed by atoms with E-state index in [0.717, 1.165) is 55.1 Å². The molecule has 0 aromatic heterocycles. The van der Waals surface area contributed by atoms with Gasteiger partial charge in [0.1, 0.15) is 0 Å². The molecular formula is C23H30N2O4. The predicted octanol–water partition coefficient (Wildman–Crippen LogP) is 3.35. The third-order valence-corrected chi connectivity index (χ3v) is 5.65. The zero-order valence-electron chi connectivity index (χ0n) is 17.4. The van der Waals surface area contributed by atoms with E-state index in [1.165, 1.54) is 5.56 Å². The van der Waals surface area contributed by atoms with E-state index < -0.39 is 5.97 Å². The van der Waals surface area contributed by atoms with Crippen LogP contribution in [0, 0.1) is 0 Å². The molecule has 0 amide bonds. The van der Waals surface area contributed by atoms with Gasteiger partial charge in [0.05, 0.1) is 20.8 Å². The number of methoxy groups -OCH3 is 2. The zero-order chi connectivity index (χ0) is 20.8. The number of likely N-dealkylation sites (N-methyl/N-ethyl adjacent to an activating group) is 1. The number of hydrogen-bond acceptors (Lipinski definition) is 5. The van der Waals surface area contributed by atoms with Crippen LogP contribution in [0.15, 0.2) is 42.5 Å². The van der Waals surface area contributed by atoms with Crippen molar-refractivity contribution in [1.29, 1.82) is 0 Å². The standard InChI is InChI=1S/C23H30N2O4/c1-24(16-23(26)27)19-9-11-25(12-10-19)15-18-13-21(28-2)22(29-3)14-20(18)17-7-5-4-6-8-17/h4-8,13-14,19H,9-12,15-16H2,1-3H3,(H,26,27). The lowest BCUT2D eigenvalue weighted by Crippen LogP contribution is -2.44. The van der Waals surface area contributed by atoms with Crippen LogP contribution in [-0.4, -0.2) is 67.8 Å². The Morgan fingerprint density at radius 3 is 2.31 bits per heavy atom. The van der Waals surface area contributed by atoms with Gasteiger partial charge in [0, 0.05) is 12.6 Å². The molecule has 0 unspecified atom stereocenters. The first-order chi connectivity index (χ1) is 14.0. The summed E-state index contributed by atoms with van der Waals surface area (Å²) in [4.78, 5) is 15.3. The van der Waals surface area contributed by atoms with Gasteiger partial charge >= 0.3 is 5.97 Å². The normalized spacial score (nSPS) is 15.4. The van der Waals surface area contributed by atoms with Crippen LogP contribution in [0.1, 0.15) is 18.4 Å². The summed E-state index contributed by atoms with van der Waals surface area (Å²) in [6.07, 6.45) is 1.94. The molecule has 0 radical (unpaired) electrons. The van der Waals surface area contributed by atoms with Crippen molar-refractivity contribution in [2.24, 2.45) is 0 Å². The van der Waals surface area contributed by atoms with Crippen molar-refractivity contribution in [3.63, 3.8) is 0 Å². The van der Waals surface area contributed by atoms with Crippen molar-refractivity contribution < 1.29 is 19.4 Å². The van der Waals surface area contributed by atoms with E-state index in [9.17, 15) is 4.79 Å². The Hall–Kier alpha value is -2.57. The molecule has 3 rings (SSSR count). The monoisotopic (exact) mass is 398 g/mol. The Kier molecular flexibility index (Phi) is 7.12. The third-order valence-electron chi connectivity index (χ3n) is 5.65. The highest BCUT2D eigenvalue weighted by atomic mass is 16.5. The quantitative estimate of drug-likeness (QED) is 0.736. The van der Waals surface area contributed by atoms with Gasteiger partial charge in [0.15, 0.2) is 11.5 Å². The van der Waals surface area contributed by atoms with E-state index in [1.54, 1.807) is 14.2 Å². The van der Waals surface area contributed by atoms with E-state index in [0.29, 0.717) is 6.04 Å². The summed E-state index contributed by atoms with van der Waals surface area (Å²) in [5.41, 5.74) is 3.50. The molecule has 0 bridgehead atoms. The Labute approximate surface area is 172 Å². The number of piperidine rings is 1. The lowest BCUT2D eigenvalue weighted by Gasteiger charge is -2.36. The van der Waals surface area contributed by atoms with Crippen molar-refractivity contribution in [2.75, 3.05) is 40.9 Å². The zero-order valence-corrected chi connectivity index (χ0v) is 17.4. The van der Waals surface area contributed by atoms with Crippen LogP contribution in [0.5, 0.6) is 11.5 Å². The lowest BCUT2D eigenvalue weighted by molar-refractivity contribution is -0.138. The minimum atomic E-state index is -0.771. The largest absolute Gasteiger partial charge is 0.493 e. The summed E-state index contributed by atoms with van der Waals surface area (Å²) >= 11 is 0. The number of ether oxygens (including phenoxy) is 2. The highest BCUT2D eigenvalue weighted by Gasteiger charge is 2.24.